The van der Waals surface area contributed by atoms with Gasteiger partial charge in [-0.3, -0.25) is 4.79 Å². The number of nitrogens with one attached hydrogen (secondary N) is 1. The van der Waals surface area contributed by atoms with Crippen molar-refractivity contribution >= 4 is 28.9 Å². The van der Waals surface area contributed by atoms with E-state index >= 15 is 0 Å². The van der Waals surface area contributed by atoms with Crippen LogP contribution in [0, 0.1) is 0 Å². The zero-order valence-electron chi connectivity index (χ0n) is 12.7. The van der Waals surface area contributed by atoms with E-state index in [4.69, 9.17) is 22.1 Å². The van der Waals surface area contributed by atoms with E-state index in [0.29, 0.717) is 23.0 Å². The molecule has 5 heteroatoms. The van der Waals surface area contributed by atoms with E-state index in [2.05, 4.69) is 12.2 Å². The van der Waals surface area contributed by atoms with Gasteiger partial charge < -0.3 is 15.8 Å². The van der Waals surface area contributed by atoms with Crippen molar-refractivity contribution in [3.05, 3.63) is 23.2 Å². The van der Waals surface area contributed by atoms with E-state index in [1.165, 1.54) is 25.7 Å². The van der Waals surface area contributed by atoms with Gasteiger partial charge in [0.25, 0.3) is 0 Å². The molecule has 21 heavy (non-hydrogen) atoms. The number of carbonyl (C=O) groups is 1. The molecule has 0 saturated heterocycles. The number of benzene rings is 1. The second kappa shape index (κ2) is 10.5. The third-order valence-electron chi connectivity index (χ3n) is 3.14. The summed E-state index contributed by atoms with van der Waals surface area (Å²) < 4.78 is 5.36. The van der Waals surface area contributed by atoms with Crippen LogP contribution >= 0.6 is 11.6 Å². The Kier molecular flexibility index (Phi) is 8.87. The summed E-state index contributed by atoms with van der Waals surface area (Å²) >= 11 is 5.97. The molecule has 0 aliphatic rings. The summed E-state index contributed by atoms with van der Waals surface area (Å²) in [6.07, 6.45) is 7.22. The van der Waals surface area contributed by atoms with E-state index in [9.17, 15) is 4.79 Å². The first-order valence-electron chi connectivity index (χ1n) is 7.56. The Bertz CT molecular complexity index is 438. The smallest absolute Gasteiger partial charge is 0.250 e. The Balaban J connectivity index is 2.13. The quantitative estimate of drug-likeness (QED) is 0.502. The minimum atomic E-state index is -0.214. The van der Waals surface area contributed by atoms with Crippen molar-refractivity contribution < 1.29 is 9.53 Å². The molecule has 1 aromatic carbocycles. The molecule has 0 aliphatic heterocycles. The van der Waals surface area contributed by atoms with Crippen molar-refractivity contribution in [2.45, 2.75) is 45.4 Å². The summed E-state index contributed by atoms with van der Waals surface area (Å²) in [4.78, 5) is 11.7. The molecule has 1 rings (SSSR count). The van der Waals surface area contributed by atoms with Crippen LogP contribution in [-0.2, 0) is 9.53 Å². The fourth-order valence-electron chi connectivity index (χ4n) is 1.97. The number of halogens is 1. The SMILES string of the molecule is CCCCCCCCOCC(=O)Nc1cc(N)ccc1Cl. The molecule has 118 valence electrons. The van der Waals surface area contributed by atoms with Crippen molar-refractivity contribution in [1.29, 1.82) is 0 Å². The normalized spacial score (nSPS) is 10.6. The minimum Gasteiger partial charge on any atom is -0.399 e. The van der Waals surface area contributed by atoms with E-state index in [0.717, 1.165) is 12.8 Å². The number of hydrogen-bond acceptors (Lipinski definition) is 3. The lowest BCUT2D eigenvalue weighted by Crippen LogP contribution is -2.19. The third-order valence-corrected chi connectivity index (χ3v) is 3.47. The van der Waals surface area contributed by atoms with Crippen LogP contribution in [0.5, 0.6) is 0 Å². The summed E-state index contributed by atoms with van der Waals surface area (Å²) in [7, 11) is 0. The molecule has 0 unspecified atom stereocenters. The Labute approximate surface area is 132 Å². The van der Waals surface area contributed by atoms with E-state index in [-0.39, 0.29) is 12.5 Å². The third kappa shape index (κ3) is 7.93. The fourth-order valence-corrected chi connectivity index (χ4v) is 2.14. The molecule has 0 bridgehead atoms. The Hall–Kier alpha value is -1.26. The van der Waals surface area contributed by atoms with Gasteiger partial charge in [-0.25, -0.2) is 0 Å². The molecule has 0 atom stereocenters. The number of hydrogen-bond donors (Lipinski definition) is 2. The fraction of sp³-hybridized carbons (Fsp3) is 0.562. The lowest BCUT2D eigenvalue weighted by atomic mass is 10.1. The number of nitrogens with two attached hydrogens (primary N) is 1. The van der Waals surface area contributed by atoms with Gasteiger partial charge in [-0.05, 0) is 24.6 Å². The van der Waals surface area contributed by atoms with Crippen LogP contribution in [0.15, 0.2) is 18.2 Å². The first kappa shape index (κ1) is 17.8. The summed E-state index contributed by atoms with van der Waals surface area (Å²) in [5.74, 6) is -0.214. The molecule has 0 fully saturated rings. The van der Waals surface area contributed by atoms with Crippen LogP contribution in [0.2, 0.25) is 5.02 Å². The molecule has 0 aliphatic carbocycles. The monoisotopic (exact) mass is 312 g/mol. The van der Waals surface area contributed by atoms with Crippen molar-refractivity contribution in [1.82, 2.24) is 0 Å². The maximum absolute atomic E-state index is 11.7. The summed E-state index contributed by atoms with van der Waals surface area (Å²) in [6, 6.07) is 4.98. The van der Waals surface area contributed by atoms with Crippen molar-refractivity contribution in [2.24, 2.45) is 0 Å². The minimum absolute atomic E-state index is 0.0418. The highest BCUT2D eigenvalue weighted by molar-refractivity contribution is 6.33. The topological polar surface area (TPSA) is 64.3 Å². The number of rotatable bonds is 10. The lowest BCUT2D eigenvalue weighted by Gasteiger charge is -2.08. The van der Waals surface area contributed by atoms with Gasteiger partial charge in [0, 0.05) is 12.3 Å². The summed E-state index contributed by atoms with van der Waals surface area (Å²) in [5.41, 5.74) is 6.73. The van der Waals surface area contributed by atoms with Crippen LogP contribution in [-0.4, -0.2) is 19.1 Å². The van der Waals surface area contributed by atoms with Crippen LogP contribution < -0.4 is 11.1 Å². The highest BCUT2D eigenvalue weighted by atomic mass is 35.5. The van der Waals surface area contributed by atoms with Gasteiger partial charge in [-0.15, -0.1) is 0 Å². The molecule has 1 aromatic rings. The maximum Gasteiger partial charge on any atom is 0.250 e. The van der Waals surface area contributed by atoms with Crippen molar-refractivity contribution in [3.63, 3.8) is 0 Å². The average Bonchev–Trinajstić information content (AvgIpc) is 2.46. The molecule has 4 nitrogen and oxygen atoms in total. The number of unbranched alkanes of at least 4 members (excludes halogenated alkanes) is 5. The zero-order valence-corrected chi connectivity index (χ0v) is 13.4. The van der Waals surface area contributed by atoms with Crippen LogP contribution in [0.3, 0.4) is 0 Å². The number of amides is 1. The summed E-state index contributed by atoms with van der Waals surface area (Å²) in [6.45, 7) is 2.86. The standard InChI is InChI=1S/C16H25ClN2O2/c1-2-3-4-5-6-7-10-21-12-16(20)19-15-11-13(18)8-9-14(15)17/h8-9,11H,2-7,10,12,18H2,1H3,(H,19,20). The predicted molar refractivity (Wildman–Crippen MR) is 88.7 cm³/mol. The molecular weight excluding hydrogens is 288 g/mol. The van der Waals surface area contributed by atoms with Gasteiger partial charge in [0.05, 0.1) is 10.7 Å². The number of carbonyl (C=O) groups excluding carboxylic acids is 1. The van der Waals surface area contributed by atoms with Crippen LogP contribution in [0.25, 0.3) is 0 Å². The molecular formula is C16H25ClN2O2. The van der Waals surface area contributed by atoms with Gasteiger partial charge in [0.2, 0.25) is 5.91 Å². The number of ether oxygens (including phenoxy) is 1. The Morgan fingerprint density at radius 3 is 2.71 bits per heavy atom. The Morgan fingerprint density at radius 1 is 1.24 bits per heavy atom. The van der Waals surface area contributed by atoms with Gasteiger partial charge in [0.1, 0.15) is 6.61 Å². The molecule has 0 radical (unpaired) electrons. The maximum atomic E-state index is 11.7. The molecule has 0 heterocycles. The van der Waals surface area contributed by atoms with E-state index in [1.807, 2.05) is 0 Å². The molecule has 1 amide bonds. The zero-order chi connectivity index (χ0) is 15.5. The highest BCUT2D eigenvalue weighted by Crippen LogP contribution is 2.23. The van der Waals surface area contributed by atoms with Crippen LogP contribution in [0.1, 0.15) is 45.4 Å². The average molecular weight is 313 g/mol. The highest BCUT2D eigenvalue weighted by Gasteiger charge is 2.06. The predicted octanol–water partition coefficient (Wildman–Crippen LogP) is 4.24. The first-order chi connectivity index (χ1) is 10.1. The van der Waals surface area contributed by atoms with Crippen LogP contribution in [0.4, 0.5) is 11.4 Å². The Morgan fingerprint density at radius 2 is 1.95 bits per heavy atom. The molecule has 0 spiro atoms. The van der Waals surface area contributed by atoms with Crippen molar-refractivity contribution in [2.75, 3.05) is 24.3 Å². The lowest BCUT2D eigenvalue weighted by molar-refractivity contribution is -0.120. The second-order valence-electron chi connectivity index (χ2n) is 5.11. The second-order valence-corrected chi connectivity index (χ2v) is 5.52. The molecule has 3 N–H and O–H groups in total. The number of anilines is 2. The van der Waals surface area contributed by atoms with Gasteiger partial charge in [-0.1, -0.05) is 50.6 Å². The van der Waals surface area contributed by atoms with E-state index < -0.39 is 0 Å². The van der Waals surface area contributed by atoms with Crippen molar-refractivity contribution in [3.8, 4) is 0 Å². The molecule has 0 saturated carbocycles. The largest absolute Gasteiger partial charge is 0.399 e. The van der Waals surface area contributed by atoms with Gasteiger partial charge in [0.15, 0.2) is 0 Å². The first-order valence-corrected chi connectivity index (χ1v) is 7.94. The van der Waals surface area contributed by atoms with Gasteiger partial charge >= 0.3 is 0 Å². The van der Waals surface area contributed by atoms with E-state index in [1.54, 1.807) is 18.2 Å². The van der Waals surface area contributed by atoms with Gasteiger partial charge in [-0.2, -0.15) is 0 Å². The number of nitrogen functional groups attached to an aromatic ring is 1. The summed E-state index contributed by atoms with van der Waals surface area (Å²) in [5, 5.41) is 3.16. The molecule has 0 aromatic heterocycles.